The quantitative estimate of drug-likeness (QED) is 0.800. The molecule has 1 aromatic carbocycles. The Bertz CT molecular complexity index is 385. The smallest absolute Gasteiger partial charge is 0.475 e. The second kappa shape index (κ2) is 4.75. The highest BCUT2D eigenvalue weighted by Crippen LogP contribution is 2.42. The number of hydrogen-bond donors (Lipinski definition) is 2. The van der Waals surface area contributed by atoms with E-state index in [4.69, 9.17) is 15.6 Å². The minimum Gasteiger partial charge on any atom is -0.475 e. The molecular formula is C11H12F3NO2. The number of alkyl halides is 3. The van der Waals surface area contributed by atoms with Crippen molar-refractivity contribution in [2.24, 2.45) is 5.73 Å². The van der Waals surface area contributed by atoms with Gasteiger partial charge in [0.25, 0.3) is 0 Å². The highest BCUT2D eigenvalue weighted by Gasteiger charge is 2.39. The first-order chi connectivity index (χ1) is 7.76. The Hall–Kier alpha value is -1.56. The number of carboxylic acids is 1. The van der Waals surface area contributed by atoms with Crippen molar-refractivity contribution >= 4 is 5.97 Å². The molecule has 0 unspecified atom stereocenters. The SMILES string of the molecule is NC1(c2ccccc2)CC1.O=C(O)C(F)(F)F. The van der Waals surface area contributed by atoms with Crippen molar-refractivity contribution < 1.29 is 23.1 Å². The van der Waals surface area contributed by atoms with Gasteiger partial charge in [0.2, 0.25) is 0 Å². The van der Waals surface area contributed by atoms with Gasteiger partial charge >= 0.3 is 12.1 Å². The maximum atomic E-state index is 10.6. The van der Waals surface area contributed by atoms with Crippen LogP contribution >= 0.6 is 0 Å². The van der Waals surface area contributed by atoms with Crippen molar-refractivity contribution in [1.29, 1.82) is 0 Å². The zero-order valence-electron chi connectivity index (χ0n) is 8.87. The number of hydrogen-bond acceptors (Lipinski definition) is 2. The van der Waals surface area contributed by atoms with Gasteiger partial charge in [0, 0.05) is 5.54 Å². The highest BCUT2D eigenvalue weighted by atomic mass is 19.4. The second-order valence-corrected chi connectivity index (χ2v) is 3.83. The monoisotopic (exact) mass is 247 g/mol. The molecule has 0 heterocycles. The molecule has 0 aliphatic heterocycles. The molecule has 0 radical (unpaired) electrons. The average molecular weight is 247 g/mol. The third-order valence-corrected chi connectivity index (χ3v) is 2.38. The molecule has 0 atom stereocenters. The summed E-state index contributed by atoms with van der Waals surface area (Å²) in [6.45, 7) is 0. The molecule has 0 amide bonds. The van der Waals surface area contributed by atoms with Crippen molar-refractivity contribution in [2.75, 3.05) is 0 Å². The lowest BCUT2D eigenvalue weighted by molar-refractivity contribution is -0.192. The van der Waals surface area contributed by atoms with Gasteiger partial charge in [-0.15, -0.1) is 0 Å². The molecule has 3 nitrogen and oxygen atoms in total. The largest absolute Gasteiger partial charge is 0.490 e. The van der Waals surface area contributed by atoms with E-state index in [1.165, 1.54) is 5.56 Å². The summed E-state index contributed by atoms with van der Waals surface area (Å²) in [6.07, 6.45) is -2.78. The van der Waals surface area contributed by atoms with E-state index in [0.29, 0.717) is 0 Å². The summed E-state index contributed by atoms with van der Waals surface area (Å²) >= 11 is 0. The molecule has 0 saturated heterocycles. The van der Waals surface area contributed by atoms with E-state index in [-0.39, 0.29) is 5.54 Å². The Morgan fingerprint density at radius 1 is 1.24 bits per heavy atom. The number of nitrogens with two attached hydrogens (primary N) is 1. The Kier molecular flexibility index (Phi) is 3.77. The van der Waals surface area contributed by atoms with Crippen molar-refractivity contribution in [3.8, 4) is 0 Å². The van der Waals surface area contributed by atoms with Crippen molar-refractivity contribution in [3.63, 3.8) is 0 Å². The van der Waals surface area contributed by atoms with Crippen molar-refractivity contribution in [3.05, 3.63) is 35.9 Å². The van der Waals surface area contributed by atoms with E-state index in [2.05, 4.69) is 12.1 Å². The van der Waals surface area contributed by atoms with E-state index in [1.54, 1.807) is 0 Å². The number of aliphatic carboxylic acids is 1. The van der Waals surface area contributed by atoms with Gasteiger partial charge in [0.1, 0.15) is 0 Å². The summed E-state index contributed by atoms with van der Waals surface area (Å²) < 4.78 is 31.7. The number of rotatable bonds is 1. The maximum Gasteiger partial charge on any atom is 0.490 e. The molecule has 1 aliphatic rings. The molecule has 1 saturated carbocycles. The topological polar surface area (TPSA) is 63.3 Å². The fourth-order valence-electron chi connectivity index (χ4n) is 1.19. The van der Waals surface area contributed by atoms with Crippen LogP contribution in [0, 0.1) is 0 Å². The van der Waals surface area contributed by atoms with E-state index in [0.717, 1.165) is 12.8 Å². The van der Waals surface area contributed by atoms with Crippen LogP contribution < -0.4 is 5.73 Å². The van der Waals surface area contributed by atoms with Gasteiger partial charge in [-0.3, -0.25) is 0 Å². The second-order valence-electron chi connectivity index (χ2n) is 3.83. The van der Waals surface area contributed by atoms with Gasteiger partial charge < -0.3 is 10.8 Å². The van der Waals surface area contributed by atoms with Crippen LogP contribution in [-0.2, 0) is 10.3 Å². The molecule has 1 aliphatic carbocycles. The first-order valence-electron chi connectivity index (χ1n) is 4.90. The van der Waals surface area contributed by atoms with E-state index < -0.39 is 12.1 Å². The van der Waals surface area contributed by atoms with Gasteiger partial charge in [-0.25, -0.2) is 4.79 Å². The first kappa shape index (κ1) is 13.5. The summed E-state index contributed by atoms with van der Waals surface area (Å²) in [5, 5.41) is 7.12. The minimum absolute atomic E-state index is 0.0429. The molecule has 1 aromatic rings. The Morgan fingerprint density at radius 2 is 1.65 bits per heavy atom. The van der Waals surface area contributed by atoms with Crippen LogP contribution in [0.1, 0.15) is 18.4 Å². The predicted octanol–water partition coefficient (Wildman–Crippen LogP) is 2.27. The lowest BCUT2D eigenvalue weighted by atomic mass is 10.1. The highest BCUT2D eigenvalue weighted by molar-refractivity contribution is 5.73. The molecular weight excluding hydrogens is 235 g/mol. The maximum absolute atomic E-state index is 10.6. The lowest BCUT2D eigenvalue weighted by Gasteiger charge is -2.06. The van der Waals surface area contributed by atoms with Gasteiger partial charge in [0.15, 0.2) is 0 Å². The lowest BCUT2D eigenvalue weighted by Crippen LogP contribution is -2.21. The Morgan fingerprint density at radius 3 is 1.94 bits per heavy atom. The number of carboxylic acid groups (broad SMARTS) is 1. The van der Waals surface area contributed by atoms with E-state index >= 15 is 0 Å². The fraction of sp³-hybridized carbons (Fsp3) is 0.364. The molecule has 3 N–H and O–H groups in total. The third kappa shape index (κ3) is 4.07. The fourth-order valence-corrected chi connectivity index (χ4v) is 1.19. The zero-order chi connectivity index (χ0) is 13.1. The van der Waals surface area contributed by atoms with Gasteiger partial charge in [-0.1, -0.05) is 30.3 Å². The summed E-state index contributed by atoms with van der Waals surface area (Å²) in [5.41, 5.74) is 7.30. The Balaban J connectivity index is 0.000000185. The van der Waals surface area contributed by atoms with Crippen LogP contribution in [0.25, 0.3) is 0 Å². The van der Waals surface area contributed by atoms with E-state index in [9.17, 15) is 13.2 Å². The number of halogens is 3. The summed E-state index contributed by atoms with van der Waals surface area (Å²) in [7, 11) is 0. The van der Waals surface area contributed by atoms with Crippen LogP contribution in [0.2, 0.25) is 0 Å². The standard InChI is InChI=1S/C9H11N.C2HF3O2/c10-9(6-7-9)8-4-2-1-3-5-8;3-2(4,5)1(6)7/h1-5H,6-7,10H2;(H,6,7). The average Bonchev–Trinajstić information content (AvgIpc) is 2.99. The molecule has 0 spiro atoms. The summed E-state index contributed by atoms with van der Waals surface area (Å²) in [6, 6.07) is 10.3. The molecule has 6 heteroatoms. The van der Waals surface area contributed by atoms with E-state index in [1.807, 2.05) is 18.2 Å². The first-order valence-corrected chi connectivity index (χ1v) is 4.90. The number of carbonyl (C=O) groups is 1. The molecule has 0 aromatic heterocycles. The van der Waals surface area contributed by atoms with Gasteiger partial charge in [0.05, 0.1) is 0 Å². The zero-order valence-corrected chi connectivity index (χ0v) is 8.87. The normalized spacial score (nSPS) is 16.7. The minimum atomic E-state index is -5.08. The Labute approximate surface area is 96.0 Å². The van der Waals surface area contributed by atoms with Gasteiger partial charge in [-0.05, 0) is 18.4 Å². The molecule has 17 heavy (non-hydrogen) atoms. The summed E-state index contributed by atoms with van der Waals surface area (Å²) in [4.78, 5) is 8.90. The molecule has 94 valence electrons. The van der Waals surface area contributed by atoms with Crippen molar-refractivity contribution in [2.45, 2.75) is 24.6 Å². The van der Waals surface area contributed by atoms with Crippen LogP contribution in [0.3, 0.4) is 0 Å². The summed E-state index contributed by atoms with van der Waals surface area (Å²) in [5.74, 6) is -2.76. The predicted molar refractivity (Wildman–Crippen MR) is 55.2 cm³/mol. The van der Waals surface area contributed by atoms with Gasteiger partial charge in [-0.2, -0.15) is 13.2 Å². The van der Waals surface area contributed by atoms with Crippen LogP contribution in [-0.4, -0.2) is 17.3 Å². The third-order valence-electron chi connectivity index (χ3n) is 2.38. The number of benzene rings is 1. The molecule has 2 rings (SSSR count). The van der Waals surface area contributed by atoms with Crippen molar-refractivity contribution in [1.82, 2.24) is 0 Å². The molecule has 0 bridgehead atoms. The van der Waals surface area contributed by atoms with Crippen LogP contribution in [0.5, 0.6) is 0 Å². The van der Waals surface area contributed by atoms with Crippen LogP contribution in [0.15, 0.2) is 30.3 Å². The van der Waals surface area contributed by atoms with Crippen LogP contribution in [0.4, 0.5) is 13.2 Å². The molecule has 1 fully saturated rings.